The van der Waals surface area contributed by atoms with Gasteiger partial charge >= 0.3 is 5.97 Å². The van der Waals surface area contributed by atoms with Crippen LogP contribution >= 0.6 is 0 Å². The fourth-order valence-corrected chi connectivity index (χ4v) is 3.88. The minimum absolute atomic E-state index is 0.280. The van der Waals surface area contributed by atoms with Crippen molar-refractivity contribution in [1.29, 1.82) is 0 Å². The van der Waals surface area contributed by atoms with Gasteiger partial charge in [-0.25, -0.2) is 9.18 Å². The average molecular weight is 418 g/mol. The van der Waals surface area contributed by atoms with E-state index in [-0.39, 0.29) is 18.3 Å². The first-order chi connectivity index (χ1) is 13.9. The molecule has 154 valence electrons. The molecular weight excluding hydrogens is 395 g/mol. The van der Waals surface area contributed by atoms with E-state index in [0.29, 0.717) is 43.2 Å². The smallest absolute Gasteiger partial charge is 0.338 e. The molecule has 0 aromatic heterocycles. The number of rotatable bonds is 6. The summed E-state index contributed by atoms with van der Waals surface area (Å²) in [5.74, 6) is -0.799. The molecule has 3 rings (SSSR count). The number of hydrogen-bond donors (Lipinski definition) is 0. The molecule has 1 saturated heterocycles. The Balaban J connectivity index is 1.49. The van der Waals surface area contributed by atoms with Gasteiger partial charge in [0.25, 0.3) is 5.91 Å². The van der Waals surface area contributed by atoms with Crippen LogP contribution in [-0.4, -0.2) is 60.0 Å². The molecular formula is C21H23FN2O4S. The highest BCUT2D eigenvalue weighted by molar-refractivity contribution is 7.83. The Morgan fingerprint density at radius 2 is 1.79 bits per heavy atom. The van der Waals surface area contributed by atoms with Gasteiger partial charge in [-0.2, -0.15) is 0 Å². The molecule has 1 heterocycles. The Labute approximate surface area is 171 Å². The van der Waals surface area contributed by atoms with Gasteiger partial charge in [-0.1, -0.05) is 24.3 Å². The maximum absolute atomic E-state index is 13.9. The largest absolute Gasteiger partial charge is 0.452 e. The Morgan fingerprint density at radius 3 is 2.48 bits per heavy atom. The van der Waals surface area contributed by atoms with Crippen molar-refractivity contribution in [3.63, 3.8) is 0 Å². The predicted octanol–water partition coefficient (Wildman–Crippen LogP) is 2.21. The van der Waals surface area contributed by atoms with Gasteiger partial charge in [0.15, 0.2) is 6.61 Å². The summed E-state index contributed by atoms with van der Waals surface area (Å²) in [7, 11) is -1.01. The number of nitrogens with zero attached hydrogens (tertiary/aromatic N) is 2. The number of carbonyl (C=O) groups is 2. The first kappa shape index (κ1) is 21.0. The van der Waals surface area contributed by atoms with E-state index in [4.69, 9.17) is 4.74 Å². The van der Waals surface area contributed by atoms with E-state index in [2.05, 4.69) is 0 Å². The van der Waals surface area contributed by atoms with Gasteiger partial charge in [0.2, 0.25) is 0 Å². The van der Waals surface area contributed by atoms with E-state index in [1.54, 1.807) is 53.6 Å². The van der Waals surface area contributed by atoms with Gasteiger partial charge < -0.3 is 14.5 Å². The molecule has 8 heteroatoms. The number of halogens is 1. The minimum atomic E-state index is -1.01. The van der Waals surface area contributed by atoms with Gasteiger partial charge in [-0.05, 0) is 29.8 Å². The topological polar surface area (TPSA) is 66.9 Å². The second-order valence-corrected chi connectivity index (χ2v) is 8.25. The van der Waals surface area contributed by atoms with E-state index in [0.717, 1.165) is 5.56 Å². The molecule has 1 amide bonds. The molecule has 1 aliphatic heterocycles. The van der Waals surface area contributed by atoms with Crippen LogP contribution in [0.2, 0.25) is 0 Å². The monoisotopic (exact) mass is 418 g/mol. The second-order valence-electron chi connectivity index (χ2n) is 6.81. The summed E-state index contributed by atoms with van der Waals surface area (Å²) in [5, 5.41) is 0. The molecule has 6 nitrogen and oxygen atoms in total. The quantitative estimate of drug-likeness (QED) is 0.673. The van der Waals surface area contributed by atoms with Gasteiger partial charge in [0.05, 0.1) is 11.3 Å². The predicted molar refractivity (Wildman–Crippen MR) is 110 cm³/mol. The van der Waals surface area contributed by atoms with Crippen LogP contribution in [0.5, 0.6) is 0 Å². The number of ether oxygens (including phenoxy) is 1. The fraction of sp³-hybridized carbons (Fsp3) is 0.333. The SMILES string of the molecule is CS(=O)Cc1cccc(C(=O)OCC(=O)N2CCN(c3ccccc3F)CC2)c1. The zero-order valence-electron chi connectivity index (χ0n) is 16.2. The van der Waals surface area contributed by atoms with Crippen molar-refractivity contribution in [1.82, 2.24) is 4.90 Å². The summed E-state index contributed by atoms with van der Waals surface area (Å²) in [5.41, 5.74) is 1.62. The summed E-state index contributed by atoms with van der Waals surface area (Å²) >= 11 is 0. The van der Waals surface area contributed by atoms with Crippen molar-refractivity contribution < 1.29 is 22.9 Å². The molecule has 1 atom stereocenters. The van der Waals surface area contributed by atoms with Crippen LogP contribution in [0.25, 0.3) is 0 Å². The number of anilines is 1. The van der Waals surface area contributed by atoms with E-state index in [1.165, 1.54) is 6.07 Å². The second kappa shape index (κ2) is 9.65. The first-order valence-corrected chi connectivity index (χ1v) is 11.0. The average Bonchev–Trinajstić information content (AvgIpc) is 2.72. The van der Waals surface area contributed by atoms with Crippen molar-refractivity contribution in [2.75, 3.05) is 43.9 Å². The number of carbonyl (C=O) groups excluding carboxylic acids is 2. The molecule has 0 radical (unpaired) electrons. The molecule has 0 spiro atoms. The molecule has 1 unspecified atom stereocenters. The van der Waals surface area contributed by atoms with Gasteiger partial charge in [-0.15, -0.1) is 0 Å². The van der Waals surface area contributed by atoms with Gasteiger partial charge in [-0.3, -0.25) is 9.00 Å². The molecule has 0 aliphatic carbocycles. The molecule has 29 heavy (non-hydrogen) atoms. The zero-order valence-corrected chi connectivity index (χ0v) is 17.0. The molecule has 1 fully saturated rings. The van der Waals surface area contributed by atoms with Crippen LogP contribution in [-0.2, 0) is 26.1 Å². The molecule has 0 saturated carbocycles. The number of hydrogen-bond acceptors (Lipinski definition) is 5. The van der Waals surface area contributed by atoms with E-state index in [1.807, 2.05) is 4.90 Å². The number of benzene rings is 2. The van der Waals surface area contributed by atoms with Crippen molar-refractivity contribution in [2.24, 2.45) is 0 Å². The molecule has 2 aromatic carbocycles. The van der Waals surface area contributed by atoms with E-state index in [9.17, 15) is 18.2 Å². The minimum Gasteiger partial charge on any atom is -0.452 e. The zero-order chi connectivity index (χ0) is 20.8. The third-order valence-corrected chi connectivity index (χ3v) is 5.42. The lowest BCUT2D eigenvalue weighted by Gasteiger charge is -2.36. The number of amides is 1. The van der Waals surface area contributed by atoms with Crippen LogP contribution in [0.4, 0.5) is 10.1 Å². The lowest BCUT2D eigenvalue weighted by Crippen LogP contribution is -2.50. The molecule has 1 aliphatic rings. The van der Waals surface area contributed by atoms with Crippen LogP contribution in [0.3, 0.4) is 0 Å². The number of piperazine rings is 1. The Morgan fingerprint density at radius 1 is 1.07 bits per heavy atom. The van der Waals surface area contributed by atoms with Gasteiger partial charge in [0, 0.05) is 49.0 Å². The number of para-hydroxylation sites is 1. The highest BCUT2D eigenvalue weighted by atomic mass is 32.2. The summed E-state index contributed by atoms with van der Waals surface area (Å²) < 4.78 is 30.4. The Kier molecular flexibility index (Phi) is 6.98. The first-order valence-electron chi connectivity index (χ1n) is 9.27. The third kappa shape index (κ3) is 5.63. The Hall–Kier alpha value is -2.74. The van der Waals surface area contributed by atoms with E-state index < -0.39 is 16.8 Å². The van der Waals surface area contributed by atoms with Crippen molar-refractivity contribution in [3.8, 4) is 0 Å². The lowest BCUT2D eigenvalue weighted by atomic mass is 10.1. The van der Waals surface area contributed by atoms with Crippen LogP contribution in [0, 0.1) is 5.82 Å². The molecule has 2 aromatic rings. The maximum atomic E-state index is 13.9. The normalized spacial score (nSPS) is 15.1. The fourth-order valence-electron chi connectivity index (χ4n) is 3.23. The summed E-state index contributed by atoms with van der Waals surface area (Å²) in [6.07, 6.45) is 1.59. The highest BCUT2D eigenvalue weighted by Crippen LogP contribution is 2.20. The van der Waals surface area contributed by atoms with Crippen molar-refractivity contribution in [2.45, 2.75) is 5.75 Å². The molecule has 0 bridgehead atoms. The number of esters is 1. The van der Waals surface area contributed by atoms with E-state index >= 15 is 0 Å². The standard InChI is InChI=1S/C21H23FN2O4S/c1-29(27)15-16-5-4-6-17(13-16)21(26)28-14-20(25)24-11-9-23(10-12-24)19-8-3-2-7-18(19)22/h2-8,13H,9-12,14-15H2,1H3. The Bertz CT molecular complexity index is 913. The highest BCUT2D eigenvalue weighted by Gasteiger charge is 2.23. The van der Waals surface area contributed by atoms with Crippen LogP contribution in [0.1, 0.15) is 15.9 Å². The van der Waals surface area contributed by atoms with Crippen molar-refractivity contribution in [3.05, 3.63) is 65.5 Å². The molecule has 0 N–H and O–H groups in total. The van der Waals surface area contributed by atoms with Gasteiger partial charge in [0.1, 0.15) is 5.82 Å². The summed E-state index contributed by atoms with van der Waals surface area (Å²) in [4.78, 5) is 28.1. The summed E-state index contributed by atoms with van der Waals surface area (Å²) in [6, 6.07) is 13.3. The van der Waals surface area contributed by atoms with Crippen LogP contribution in [0.15, 0.2) is 48.5 Å². The van der Waals surface area contributed by atoms with Crippen LogP contribution < -0.4 is 4.90 Å². The van der Waals surface area contributed by atoms with Crippen molar-refractivity contribution >= 4 is 28.4 Å². The maximum Gasteiger partial charge on any atom is 0.338 e. The summed E-state index contributed by atoms with van der Waals surface area (Å²) in [6.45, 7) is 1.54. The lowest BCUT2D eigenvalue weighted by molar-refractivity contribution is -0.134. The third-order valence-electron chi connectivity index (χ3n) is 4.68.